The molecule has 1 atom stereocenters. The van der Waals surface area contributed by atoms with E-state index in [1.807, 2.05) is 0 Å². The zero-order valence-electron chi connectivity index (χ0n) is 12.0. The molecule has 1 unspecified atom stereocenters. The molecule has 0 aliphatic carbocycles. The number of fused-ring (bicyclic) bond motifs is 1. The van der Waals surface area contributed by atoms with Crippen molar-refractivity contribution in [2.45, 2.75) is 12.3 Å². The lowest BCUT2D eigenvalue weighted by Crippen LogP contribution is -2.40. The molecule has 2 aromatic rings. The summed E-state index contributed by atoms with van der Waals surface area (Å²) in [5.74, 6) is -1.76. The molecule has 0 saturated heterocycles. The van der Waals surface area contributed by atoms with E-state index in [1.165, 1.54) is 12.1 Å². The minimum absolute atomic E-state index is 0.0643. The molecule has 1 aliphatic rings. The van der Waals surface area contributed by atoms with Gasteiger partial charge in [0, 0.05) is 16.1 Å². The maximum atomic E-state index is 13.1. The molecule has 3 rings (SSSR count). The molecule has 0 radical (unpaired) electrons. The molecule has 0 amide bonds. The van der Waals surface area contributed by atoms with E-state index in [0.717, 1.165) is 6.08 Å². The van der Waals surface area contributed by atoms with Gasteiger partial charge in [-0.1, -0.05) is 41.9 Å². The molecule has 0 spiro atoms. The SMILES string of the molecule is O=C(O)C1=Cc2c(ccc(Cl)c2-c2ccccc2)OC1C(F)(F)F. The largest absolute Gasteiger partial charge is 0.478 e. The Kier molecular flexibility index (Phi) is 4.01. The van der Waals surface area contributed by atoms with Crippen LogP contribution in [0.3, 0.4) is 0 Å². The molecule has 1 heterocycles. The Labute approximate surface area is 139 Å². The number of alkyl halides is 3. The Bertz CT molecular complexity index is 829. The molecule has 2 aromatic carbocycles. The second kappa shape index (κ2) is 5.87. The maximum absolute atomic E-state index is 13.1. The van der Waals surface area contributed by atoms with Crippen LogP contribution in [0.15, 0.2) is 48.0 Å². The molecule has 24 heavy (non-hydrogen) atoms. The smallest absolute Gasteiger partial charge is 0.430 e. The molecule has 0 bridgehead atoms. The van der Waals surface area contributed by atoms with Gasteiger partial charge in [-0.3, -0.25) is 0 Å². The molecule has 0 saturated carbocycles. The first-order valence-electron chi connectivity index (χ1n) is 6.85. The Balaban J connectivity index is 2.24. The van der Waals surface area contributed by atoms with Crippen LogP contribution in [0.25, 0.3) is 17.2 Å². The predicted octanol–water partition coefficient (Wildman–Crippen LogP) is 4.80. The van der Waals surface area contributed by atoms with Crippen LogP contribution >= 0.6 is 11.6 Å². The van der Waals surface area contributed by atoms with Crippen LogP contribution in [-0.2, 0) is 4.79 Å². The third-order valence-electron chi connectivity index (χ3n) is 3.59. The second-order valence-corrected chi connectivity index (χ2v) is 5.55. The highest BCUT2D eigenvalue weighted by Crippen LogP contribution is 2.44. The number of hydrogen-bond acceptors (Lipinski definition) is 2. The molecule has 3 nitrogen and oxygen atoms in total. The van der Waals surface area contributed by atoms with Crippen LogP contribution in [0.1, 0.15) is 5.56 Å². The van der Waals surface area contributed by atoms with Gasteiger partial charge in [0.2, 0.25) is 6.10 Å². The van der Waals surface area contributed by atoms with Gasteiger partial charge in [0.05, 0.1) is 5.57 Å². The zero-order valence-corrected chi connectivity index (χ0v) is 12.7. The predicted molar refractivity (Wildman–Crippen MR) is 83.0 cm³/mol. The van der Waals surface area contributed by atoms with Crippen LogP contribution < -0.4 is 4.74 Å². The molecule has 1 aliphatic heterocycles. The van der Waals surface area contributed by atoms with Crippen LogP contribution in [0, 0.1) is 0 Å². The molecule has 1 N–H and O–H groups in total. The van der Waals surface area contributed by atoms with Crippen molar-refractivity contribution in [3.8, 4) is 16.9 Å². The number of hydrogen-bond donors (Lipinski definition) is 1. The van der Waals surface area contributed by atoms with Crippen molar-refractivity contribution in [1.82, 2.24) is 0 Å². The number of carboxylic acid groups (broad SMARTS) is 1. The first kappa shape index (κ1) is 16.4. The molecule has 124 valence electrons. The van der Waals surface area contributed by atoms with E-state index in [9.17, 15) is 18.0 Å². The molecule has 0 fully saturated rings. The lowest BCUT2D eigenvalue weighted by atomic mass is 9.93. The van der Waals surface area contributed by atoms with Crippen LogP contribution in [0.5, 0.6) is 5.75 Å². The third kappa shape index (κ3) is 2.85. The van der Waals surface area contributed by atoms with E-state index >= 15 is 0 Å². The van der Waals surface area contributed by atoms with Gasteiger partial charge >= 0.3 is 12.1 Å². The van der Waals surface area contributed by atoms with E-state index in [2.05, 4.69) is 0 Å². The third-order valence-corrected chi connectivity index (χ3v) is 3.90. The summed E-state index contributed by atoms with van der Waals surface area (Å²) in [5.41, 5.74) is 0.407. The fraction of sp³-hybridized carbons (Fsp3) is 0.118. The Morgan fingerprint density at radius 3 is 2.38 bits per heavy atom. The lowest BCUT2D eigenvalue weighted by molar-refractivity contribution is -0.187. The quantitative estimate of drug-likeness (QED) is 0.842. The van der Waals surface area contributed by atoms with Crippen molar-refractivity contribution in [3.05, 3.63) is 58.6 Å². The van der Waals surface area contributed by atoms with Gasteiger partial charge in [0.1, 0.15) is 5.75 Å². The monoisotopic (exact) mass is 354 g/mol. The summed E-state index contributed by atoms with van der Waals surface area (Å²) in [7, 11) is 0. The van der Waals surface area contributed by atoms with Crippen molar-refractivity contribution in [2.75, 3.05) is 0 Å². The van der Waals surface area contributed by atoms with Gasteiger partial charge in [-0.05, 0) is 23.8 Å². The standard InChI is InChI=1S/C17H10ClF3O3/c18-12-6-7-13-10(14(12)9-4-2-1-3-5-9)8-11(16(22)23)15(24-13)17(19,20)21/h1-8,15H,(H,22,23). The summed E-state index contributed by atoms with van der Waals surface area (Å²) in [6.07, 6.45) is -6.38. The zero-order chi connectivity index (χ0) is 17.5. The fourth-order valence-corrected chi connectivity index (χ4v) is 2.83. The molecular formula is C17H10ClF3O3. The molecular weight excluding hydrogens is 345 g/mol. The van der Waals surface area contributed by atoms with Crippen molar-refractivity contribution in [3.63, 3.8) is 0 Å². The number of ether oxygens (including phenoxy) is 1. The van der Waals surface area contributed by atoms with E-state index in [0.29, 0.717) is 11.1 Å². The number of carbonyl (C=O) groups is 1. The number of aliphatic carboxylic acids is 1. The average Bonchev–Trinajstić information content (AvgIpc) is 2.53. The highest BCUT2D eigenvalue weighted by Gasteiger charge is 2.48. The van der Waals surface area contributed by atoms with Crippen LogP contribution in [-0.4, -0.2) is 23.4 Å². The van der Waals surface area contributed by atoms with E-state index in [1.54, 1.807) is 30.3 Å². The topological polar surface area (TPSA) is 46.5 Å². The van der Waals surface area contributed by atoms with E-state index in [-0.39, 0.29) is 16.3 Å². The highest BCUT2D eigenvalue weighted by molar-refractivity contribution is 6.34. The second-order valence-electron chi connectivity index (χ2n) is 5.14. The summed E-state index contributed by atoms with van der Waals surface area (Å²) in [6, 6.07) is 11.5. The highest BCUT2D eigenvalue weighted by atomic mass is 35.5. The Hall–Kier alpha value is -2.47. The number of carboxylic acids is 1. The van der Waals surface area contributed by atoms with E-state index in [4.69, 9.17) is 21.4 Å². The minimum Gasteiger partial charge on any atom is -0.478 e. The summed E-state index contributed by atoms with van der Waals surface area (Å²) >= 11 is 6.19. The van der Waals surface area contributed by atoms with Gasteiger partial charge < -0.3 is 9.84 Å². The normalized spacial score (nSPS) is 16.8. The maximum Gasteiger partial charge on any atom is 0.430 e. The number of halogens is 4. The van der Waals surface area contributed by atoms with E-state index < -0.39 is 23.8 Å². The summed E-state index contributed by atoms with van der Waals surface area (Å²) < 4.78 is 44.2. The molecule has 0 aromatic heterocycles. The summed E-state index contributed by atoms with van der Waals surface area (Å²) in [4.78, 5) is 11.3. The van der Waals surface area contributed by atoms with Gasteiger partial charge in [0.25, 0.3) is 0 Å². The van der Waals surface area contributed by atoms with Crippen LogP contribution in [0.2, 0.25) is 5.02 Å². The Morgan fingerprint density at radius 2 is 1.79 bits per heavy atom. The molecule has 7 heteroatoms. The Morgan fingerprint density at radius 1 is 1.12 bits per heavy atom. The van der Waals surface area contributed by atoms with Crippen molar-refractivity contribution in [1.29, 1.82) is 0 Å². The van der Waals surface area contributed by atoms with Gasteiger partial charge in [-0.25, -0.2) is 4.79 Å². The van der Waals surface area contributed by atoms with Crippen molar-refractivity contribution >= 4 is 23.6 Å². The van der Waals surface area contributed by atoms with Gasteiger partial charge in [-0.2, -0.15) is 13.2 Å². The summed E-state index contributed by atoms with van der Waals surface area (Å²) in [5, 5.41) is 9.43. The fourth-order valence-electron chi connectivity index (χ4n) is 2.56. The number of rotatable bonds is 2. The first-order chi connectivity index (χ1) is 11.3. The van der Waals surface area contributed by atoms with Crippen molar-refractivity contribution in [2.24, 2.45) is 0 Å². The minimum atomic E-state index is -4.84. The van der Waals surface area contributed by atoms with Crippen LogP contribution in [0.4, 0.5) is 13.2 Å². The number of benzene rings is 2. The van der Waals surface area contributed by atoms with Gasteiger partial charge in [-0.15, -0.1) is 0 Å². The average molecular weight is 355 g/mol. The first-order valence-corrected chi connectivity index (χ1v) is 7.23. The summed E-state index contributed by atoms with van der Waals surface area (Å²) in [6.45, 7) is 0. The lowest BCUT2D eigenvalue weighted by Gasteiger charge is -2.28. The van der Waals surface area contributed by atoms with Gasteiger partial charge in [0.15, 0.2) is 0 Å². The van der Waals surface area contributed by atoms with Crippen molar-refractivity contribution < 1.29 is 27.8 Å².